The first-order chi connectivity index (χ1) is 35.6. The third kappa shape index (κ3) is 12.9. The molecule has 4 aromatic heterocycles. The summed E-state index contributed by atoms with van der Waals surface area (Å²) < 4.78 is 23.2. The van der Waals surface area contributed by atoms with E-state index in [2.05, 4.69) is 77.4 Å². The van der Waals surface area contributed by atoms with E-state index in [0.717, 1.165) is 71.5 Å². The molecular formula is C55H64N12O6. The lowest BCUT2D eigenvalue weighted by Gasteiger charge is -2.19. The van der Waals surface area contributed by atoms with Crippen molar-refractivity contribution in [2.45, 2.75) is 73.9 Å². The molecule has 0 radical (unpaired) electrons. The number of pyridine rings is 3. The summed E-state index contributed by atoms with van der Waals surface area (Å²) in [5, 5.41) is 21.9. The zero-order chi connectivity index (χ0) is 51.7. The van der Waals surface area contributed by atoms with Crippen LogP contribution in [0.1, 0.15) is 90.2 Å². The molecule has 18 nitrogen and oxygen atoms in total. The van der Waals surface area contributed by atoms with Gasteiger partial charge in [0.2, 0.25) is 5.95 Å². The highest BCUT2D eigenvalue weighted by Crippen LogP contribution is 2.40. The summed E-state index contributed by atoms with van der Waals surface area (Å²) in [7, 11) is 0. The van der Waals surface area contributed by atoms with Crippen LogP contribution in [0.15, 0.2) is 104 Å². The second kappa shape index (κ2) is 25.6. The number of benzene rings is 4. The van der Waals surface area contributed by atoms with Crippen LogP contribution in [-0.4, -0.2) is 74.9 Å². The lowest BCUT2D eigenvalue weighted by Crippen LogP contribution is -2.18. The van der Waals surface area contributed by atoms with Gasteiger partial charge in [0.25, 0.3) is 11.8 Å². The van der Waals surface area contributed by atoms with Crippen LogP contribution >= 0.6 is 0 Å². The summed E-state index contributed by atoms with van der Waals surface area (Å²) in [5.74, 6) is 1.84. The van der Waals surface area contributed by atoms with Crippen LogP contribution in [0.5, 0.6) is 23.0 Å². The Morgan fingerprint density at radius 3 is 1.53 bits per heavy atom. The first-order valence-corrected chi connectivity index (χ1v) is 24.6. The molecule has 0 bridgehead atoms. The number of carbonyl (C=O) groups is 2. The van der Waals surface area contributed by atoms with Gasteiger partial charge in [-0.2, -0.15) is 5.10 Å². The number of aromatic amines is 1. The monoisotopic (exact) mass is 989 g/mol. The number of nitrogens with two attached hydrogens (primary N) is 2. The number of aromatic nitrogens is 6. The molecule has 380 valence electrons. The molecule has 0 unspecified atom stereocenters. The summed E-state index contributed by atoms with van der Waals surface area (Å²) in [6.07, 6.45) is 8.71. The number of nitrogens with one attached hydrogen (secondary N) is 5. The van der Waals surface area contributed by atoms with Crippen LogP contribution in [0.25, 0.3) is 21.8 Å². The zero-order valence-electron chi connectivity index (χ0n) is 42.2. The summed E-state index contributed by atoms with van der Waals surface area (Å²) in [5.41, 5.74) is 22.0. The Kier molecular flexibility index (Phi) is 18.3. The van der Waals surface area contributed by atoms with Gasteiger partial charge in [-0.1, -0.05) is 44.2 Å². The van der Waals surface area contributed by atoms with Crippen molar-refractivity contribution in [2.75, 3.05) is 48.9 Å². The molecule has 4 aromatic carbocycles. The number of rotatable bonds is 24. The lowest BCUT2D eigenvalue weighted by molar-refractivity contribution is 0.0992. The van der Waals surface area contributed by atoms with Crippen molar-refractivity contribution in [1.29, 1.82) is 0 Å². The number of primary amides is 2. The number of ether oxygens (including phenoxy) is 4. The lowest BCUT2D eigenvalue weighted by atomic mass is 10.0. The molecule has 18 heteroatoms. The minimum absolute atomic E-state index is 0.288. The van der Waals surface area contributed by atoms with E-state index in [4.69, 9.17) is 30.4 Å². The molecule has 0 fully saturated rings. The fourth-order valence-corrected chi connectivity index (χ4v) is 8.51. The van der Waals surface area contributed by atoms with Gasteiger partial charge in [-0.3, -0.25) is 24.5 Å². The maximum absolute atomic E-state index is 12.4. The van der Waals surface area contributed by atoms with E-state index in [1.807, 2.05) is 101 Å². The van der Waals surface area contributed by atoms with Crippen LogP contribution in [0.4, 0.5) is 28.7 Å². The highest BCUT2D eigenvalue weighted by Gasteiger charge is 2.21. The Labute approximate surface area is 425 Å². The third-order valence-electron chi connectivity index (χ3n) is 11.8. The minimum atomic E-state index is -0.574. The number of fused-ring (bicyclic) bond motifs is 2. The molecule has 0 aliphatic carbocycles. The Balaban J connectivity index is 0.000000214. The van der Waals surface area contributed by atoms with E-state index < -0.39 is 11.8 Å². The maximum atomic E-state index is 12.4. The predicted molar refractivity (Wildman–Crippen MR) is 287 cm³/mol. The van der Waals surface area contributed by atoms with E-state index >= 15 is 0 Å². The van der Waals surface area contributed by atoms with Gasteiger partial charge in [0.05, 0.1) is 60.0 Å². The number of H-pyrrole nitrogens is 1. The van der Waals surface area contributed by atoms with E-state index in [9.17, 15) is 9.59 Å². The predicted octanol–water partition coefficient (Wildman–Crippen LogP) is 9.33. The molecule has 0 spiro atoms. The Hall–Kier alpha value is -8.51. The largest absolute Gasteiger partial charge is 0.490 e. The average molecular weight is 989 g/mol. The number of amides is 2. The van der Waals surface area contributed by atoms with E-state index in [1.165, 1.54) is 24.3 Å². The van der Waals surface area contributed by atoms with Crippen molar-refractivity contribution in [3.63, 3.8) is 0 Å². The summed E-state index contributed by atoms with van der Waals surface area (Å²) in [4.78, 5) is 42.2. The molecular weight excluding hydrogens is 925 g/mol. The molecule has 8 aromatic rings. The summed E-state index contributed by atoms with van der Waals surface area (Å²) in [6, 6.07) is 25.5. The molecule has 0 saturated carbocycles. The number of carbonyl (C=O) groups excluding carboxylic acids is 2. The first kappa shape index (κ1) is 52.3. The summed E-state index contributed by atoms with van der Waals surface area (Å²) >= 11 is 0. The second-order valence-electron chi connectivity index (χ2n) is 16.5. The Bertz CT molecular complexity index is 3130. The molecule has 0 saturated heterocycles. The SMILES string of the molecule is CCOc1cc2ncc(C(N)=O)c(Nc3cccc(CNCCc4ccccn4)c3CC)c2cc1OCC.CCOc1cc2ncc(C(N)=O)c(Nc3cccc(CNc4ncn[nH]4)c3CC)c2cc1OCC. The normalized spacial score (nSPS) is 10.9. The fourth-order valence-electron chi connectivity index (χ4n) is 8.51. The quantitative estimate of drug-likeness (QED) is 0.0279. The number of hydrogen-bond acceptors (Lipinski definition) is 15. The molecule has 2 amide bonds. The van der Waals surface area contributed by atoms with Gasteiger partial charge >= 0.3 is 0 Å². The highest BCUT2D eigenvalue weighted by molar-refractivity contribution is 6.09. The van der Waals surface area contributed by atoms with Gasteiger partial charge in [0.1, 0.15) is 6.33 Å². The molecule has 0 aliphatic rings. The molecule has 0 aliphatic heterocycles. The summed E-state index contributed by atoms with van der Waals surface area (Å²) in [6.45, 7) is 15.9. The Morgan fingerprint density at radius 2 is 1.10 bits per heavy atom. The van der Waals surface area contributed by atoms with Gasteiger partial charge in [-0.05, 0) is 99.2 Å². The minimum Gasteiger partial charge on any atom is -0.490 e. The second-order valence-corrected chi connectivity index (χ2v) is 16.5. The van der Waals surface area contributed by atoms with Gasteiger partial charge < -0.3 is 51.7 Å². The van der Waals surface area contributed by atoms with Gasteiger partial charge in [-0.15, -0.1) is 0 Å². The fraction of sp³-hybridized carbons (Fsp3) is 0.291. The van der Waals surface area contributed by atoms with Crippen LogP contribution in [0, 0.1) is 0 Å². The topological polar surface area (TPSA) is 251 Å². The number of anilines is 5. The van der Waals surface area contributed by atoms with Crippen LogP contribution in [-0.2, 0) is 32.4 Å². The highest BCUT2D eigenvalue weighted by atomic mass is 16.5. The van der Waals surface area contributed by atoms with Crippen molar-refractivity contribution in [1.82, 2.24) is 35.5 Å². The van der Waals surface area contributed by atoms with Gasteiger partial charge in [-0.25, -0.2) is 10.1 Å². The average Bonchev–Trinajstić information content (AvgIpc) is 3.92. The van der Waals surface area contributed by atoms with Crippen LogP contribution < -0.4 is 51.7 Å². The molecule has 73 heavy (non-hydrogen) atoms. The maximum Gasteiger partial charge on any atom is 0.252 e. The van der Waals surface area contributed by atoms with Gasteiger partial charge in [0.15, 0.2) is 23.0 Å². The van der Waals surface area contributed by atoms with E-state index in [0.29, 0.717) is 95.3 Å². The van der Waals surface area contributed by atoms with Crippen LogP contribution in [0.3, 0.4) is 0 Å². The van der Waals surface area contributed by atoms with Crippen molar-refractivity contribution >= 4 is 62.3 Å². The number of hydrogen-bond donors (Lipinski definition) is 7. The first-order valence-electron chi connectivity index (χ1n) is 24.6. The molecule has 9 N–H and O–H groups in total. The number of nitrogens with zero attached hydrogens (tertiary/aromatic N) is 5. The smallest absolute Gasteiger partial charge is 0.252 e. The zero-order valence-corrected chi connectivity index (χ0v) is 42.2. The van der Waals surface area contributed by atoms with Crippen molar-refractivity contribution < 1.29 is 28.5 Å². The van der Waals surface area contributed by atoms with E-state index in [-0.39, 0.29) is 5.56 Å². The van der Waals surface area contributed by atoms with Crippen molar-refractivity contribution in [2.24, 2.45) is 11.5 Å². The van der Waals surface area contributed by atoms with E-state index in [1.54, 1.807) is 0 Å². The standard InChI is InChI=1S/C30H35N5O3.C25H29N7O3/c1-4-22-20(18-32-15-13-21-11-7-8-14-33-21)10-9-12-25(22)35-29-23-16-27(37-5-2)28(38-6-3)17-26(23)34-19-24(29)30(31)36;1-4-16-15(12-28-25-29-14-30-32-25)8-7-9-19(16)31-23-17-10-21(34-5-2)22(35-6-3)11-20(17)27-13-18(23)24(26)33/h7-12,14,16-17,19,32H,4-6,13,15,18H2,1-3H3,(H2,31,36)(H,34,35);7-11,13-14H,4-6,12H2,1-3H3,(H2,26,33)(H,27,31)(H2,28,29,30,32). The van der Waals surface area contributed by atoms with Crippen LogP contribution in [0.2, 0.25) is 0 Å². The molecule has 8 rings (SSSR count). The molecule has 4 heterocycles. The van der Waals surface area contributed by atoms with Crippen molar-refractivity contribution in [3.8, 4) is 23.0 Å². The Morgan fingerprint density at radius 1 is 0.589 bits per heavy atom. The van der Waals surface area contributed by atoms with Gasteiger partial charge in [0, 0.05) is 84.6 Å². The van der Waals surface area contributed by atoms with Crippen molar-refractivity contribution in [3.05, 3.63) is 143 Å². The third-order valence-corrected chi connectivity index (χ3v) is 11.8. The molecule has 0 atom stereocenters.